The van der Waals surface area contributed by atoms with E-state index >= 15 is 0 Å². The molecule has 0 spiro atoms. The fourth-order valence-corrected chi connectivity index (χ4v) is 4.89. The molecule has 0 aliphatic rings. The van der Waals surface area contributed by atoms with Crippen LogP contribution in [0.3, 0.4) is 0 Å². The first-order valence-electron chi connectivity index (χ1n) is 5.77. The maximum atomic E-state index is 3.63. The third-order valence-corrected chi connectivity index (χ3v) is 5.35. The molecule has 2 rings (SSSR count). The molecular weight excluding hydrogens is 374 g/mol. The lowest BCUT2D eigenvalue weighted by Crippen LogP contribution is -2.18. The topological polar surface area (TPSA) is 12.0 Å². The third-order valence-electron chi connectivity index (χ3n) is 2.97. The molecule has 0 bridgehead atoms. The molecular formula is C14H15Br2NS. The summed E-state index contributed by atoms with van der Waals surface area (Å²) in [6.07, 6.45) is 0.999. The summed E-state index contributed by atoms with van der Waals surface area (Å²) >= 11 is 8.89. The van der Waals surface area contributed by atoms with Gasteiger partial charge in [-0.15, -0.1) is 11.3 Å². The van der Waals surface area contributed by atoms with Gasteiger partial charge in [0.2, 0.25) is 0 Å². The summed E-state index contributed by atoms with van der Waals surface area (Å²) in [5.74, 6) is 0. The van der Waals surface area contributed by atoms with Crippen LogP contribution in [0.1, 0.15) is 22.7 Å². The summed E-state index contributed by atoms with van der Waals surface area (Å²) in [4.78, 5) is 0. The zero-order valence-corrected chi connectivity index (χ0v) is 14.3. The minimum absolute atomic E-state index is 0.338. The van der Waals surface area contributed by atoms with Gasteiger partial charge in [-0.25, -0.2) is 0 Å². The predicted octanol–water partition coefficient (Wildman–Crippen LogP) is 5.08. The first-order chi connectivity index (χ1) is 8.60. The zero-order valence-electron chi connectivity index (χ0n) is 10.3. The smallest absolute Gasteiger partial charge is 0.0758 e. The Morgan fingerprint density at radius 2 is 1.89 bits per heavy atom. The average Bonchev–Trinajstić information content (AvgIpc) is 2.68. The van der Waals surface area contributed by atoms with Crippen molar-refractivity contribution >= 4 is 43.2 Å². The number of nitrogens with one attached hydrogen (secondary N) is 1. The van der Waals surface area contributed by atoms with Gasteiger partial charge in [0.15, 0.2) is 0 Å². The van der Waals surface area contributed by atoms with Gasteiger partial charge in [-0.1, -0.05) is 29.8 Å². The van der Waals surface area contributed by atoms with Crippen LogP contribution in [0.25, 0.3) is 0 Å². The van der Waals surface area contributed by atoms with Gasteiger partial charge in [-0.05, 0) is 69.4 Å². The molecule has 1 unspecified atom stereocenters. The van der Waals surface area contributed by atoms with Gasteiger partial charge in [0, 0.05) is 6.04 Å². The van der Waals surface area contributed by atoms with Gasteiger partial charge >= 0.3 is 0 Å². The number of hydrogen-bond acceptors (Lipinski definition) is 2. The van der Waals surface area contributed by atoms with Gasteiger partial charge in [0.05, 0.1) is 7.57 Å². The average molecular weight is 389 g/mol. The quantitative estimate of drug-likeness (QED) is 0.769. The molecule has 0 saturated heterocycles. The minimum atomic E-state index is 0.338. The van der Waals surface area contributed by atoms with E-state index in [0.717, 1.165) is 10.2 Å². The van der Waals surface area contributed by atoms with Crippen molar-refractivity contribution in [1.29, 1.82) is 0 Å². The van der Waals surface area contributed by atoms with Gasteiger partial charge in [-0.3, -0.25) is 0 Å². The van der Waals surface area contributed by atoms with Crippen molar-refractivity contribution in [2.45, 2.75) is 19.4 Å². The monoisotopic (exact) mass is 387 g/mol. The van der Waals surface area contributed by atoms with E-state index in [1.807, 2.05) is 7.05 Å². The van der Waals surface area contributed by atoms with Crippen molar-refractivity contribution in [3.63, 3.8) is 0 Å². The van der Waals surface area contributed by atoms with E-state index in [4.69, 9.17) is 0 Å². The summed E-state index contributed by atoms with van der Waals surface area (Å²) in [6.45, 7) is 2.12. The van der Waals surface area contributed by atoms with Crippen LogP contribution < -0.4 is 5.32 Å². The van der Waals surface area contributed by atoms with Crippen LogP contribution in [0.15, 0.2) is 37.9 Å². The van der Waals surface area contributed by atoms with Crippen LogP contribution in [-0.4, -0.2) is 7.05 Å². The standard InChI is InChI=1S/C14H15Br2NS/c1-9-3-5-10(6-4-9)7-12(17-2)11-8-13(15)18-14(11)16/h3-6,8,12,17H,7H2,1-2H3. The molecule has 0 radical (unpaired) electrons. The van der Waals surface area contributed by atoms with Crippen molar-refractivity contribution in [2.75, 3.05) is 7.05 Å². The Bertz CT molecular complexity index is 519. The molecule has 2 aromatic rings. The molecule has 4 heteroatoms. The molecule has 1 atom stereocenters. The number of thiophene rings is 1. The Morgan fingerprint density at radius 3 is 2.39 bits per heavy atom. The number of halogens is 2. The van der Waals surface area contributed by atoms with E-state index in [1.54, 1.807) is 11.3 Å². The van der Waals surface area contributed by atoms with E-state index in [2.05, 4.69) is 74.4 Å². The van der Waals surface area contributed by atoms with Crippen molar-refractivity contribution in [3.05, 3.63) is 54.6 Å². The van der Waals surface area contributed by atoms with E-state index in [9.17, 15) is 0 Å². The highest BCUT2D eigenvalue weighted by Crippen LogP contribution is 2.36. The summed E-state index contributed by atoms with van der Waals surface area (Å²) in [7, 11) is 2.01. The molecule has 1 nitrogen and oxygen atoms in total. The molecule has 1 aromatic heterocycles. The van der Waals surface area contributed by atoms with Crippen molar-refractivity contribution in [1.82, 2.24) is 5.32 Å². The van der Waals surface area contributed by atoms with Gasteiger partial charge in [-0.2, -0.15) is 0 Å². The second-order valence-electron chi connectivity index (χ2n) is 4.31. The maximum absolute atomic E-state index is 3.63. The summed E-state index contributed by atoms with van der Waals surface area (Å²) in [6, 6.07) is 11.3. The van der Waals surface area contributed by atoms with Gasteiger partial charge in [0.25, 0.3) is 0 Å². The Hall–Kier alpha value is -0.160. The van der Waals surface area contributed by atoms with Gasteiger partial charge in [0.1, 0.15) is 0 Å². The molecule has 1 heterocycles. The molecule has 96 valence electrons. The Balaban J connectivity index is 2.19. The molecule has 0 fully saturated rings. The molecule has 0 amide bonds. The van der Waals surface area contributed by atoms with Crippen LogP contribution >= 0.6 is 43.2 Å². The van der Waals surface area contributed by atoms with Crippen LogP contribution in [0, 0.1) is 6.92 Å². The second kappa shape index (κ2) is 6.33. The van der Waals surface area contributed by atoms with Crippen LogP contribution in [-0.2, 0) is 6.42 Å². The largest absolute Gasteiger partial charge is 0.313 e. The number of hydrogen-bond donors (Lipinski definition) is 1. The molecule has 1 aromatic carbocycles. The highest BCUT2D eigenvalue weighted by molar-refractivity contribution is 9.12. The van der Waals surface area contributed by atoms with Crippen molar-refractivity contribution < 1.29 is 0 Å². The van der Waals surface area contributed by atoms with Crippen LogP contribution in [0.5, 0.6) is 0 Å². The first-order valence-corrected chi connectivity index (χ1v) is 8.18. The van der Waals surface area contributed by atoms with E-state index in [0.29, 0.717) is 6.04 Å². The Kier molecular flexibility index (Phi) is 5.01. The fourth-order valence-electron chi connectivity index (χ4n) is 1.92. The summed E-state index contributed by atoms with van der Waals surface area (Å²) in [5.41, 5.74) is 3.98. The second-order valence-corrected chi connectivity index (χ2v) is 8.06. The number of likely N-dealkylation sites (N-methyl/N-ethyl adjacent to an activating group) is 1. The SMILES string of the molecule is CNC(Cc1ccc(C)cc1)c1cc(Br)sc1Br. The Labute approximate surface area is 129 Å². The van der Waals surface area contributed by atoms with E-state index in [1.165, 1.54) is 20.5 Å². The predicted molar refractivity (Wildman–Crippen MR) is 86.4 cm³/mol. The number of aryl methyl sites for hydroxylation is 1. The van der Waals surface area contributed by atoms with Crippen LogP contribution in [0.4, 0.5) is 0 Å². The summed E-state index contributed by atoms with van der Waals surface area (Å²) in [5, 5.41) is 3.39. The lowest BCUT2D eigenvalue weighted by Gasteiger charge is -2.16. The molecule has 1 N–H and O–H groups in total. The molecule has 0 saturated carbocycles. The lowest BCUT2D eigenvalue weighted by molar-refractivity contribution is 0.592. The van der Waals surface area contributed by atoms with Crippen molar-refractivity contribution in [3.8, 4) is 0 Å². The molecule has 0 aliphatic carbocycles. The lowest BCUT2D eigenvalue weighted by atomic mass is 10.0. The summed E-state index contributed by atoms with van der Waals surface area (Å²) < 4.78 is 2.36. The maximum Gasteiger partial charge on any atom is 0.0758 e. The third kappa shape index (κ3) is 3.44. The molecule has 18 heavy (non-hydrogen) atoms. The highest BCUT2D eigenvalue weighted by Gasteiger charge is 2.16. The van der Waals surface area contributed by atoms with E-state index < -0.39 is 0 Å². The number of benzene rings is 1. The highest BCUT2D eigenvalue weighted by atomic mass is 79.9. The Morgan fingerprint density at radius 1 is 1.22 bits per heavy atom. The fraction of sp³-hybridized carbons (Fsp3) is 0.286. The van der Waals surface area contributed by atoms with Gasteiger partial charge < -0.3 is 5.32 Å². The minimum Gasteiger partial charge on any atom is -0.313 e. The van der Waals surface area contributed by atoms with E-state index in [-0.39, 0.29) is 0 Å². The van der Waals surface area contributed by atoms with Crippen molar-refractivity contribution in [2.24, 2.45) is 0 Å². The first kappa shape index (κ1) is 14.3. The normalized spacial score (nSPS) is 12.7. The zero-order chi connectivity index (χ0) is 13.1. The molecule has 0 aliphatic heterocycles. The number of rotatable bonds is 4. The van der Waals surface area contributed by atoms with Crippen LogP contribution in [0.2, 0.25) is 0 Å².